The maximum atomic E-state index is 13.1. The van der Waals surface area contributed by atoms with E-state index in [2.05, 4.69) is 5.32 Å². The molecule has 0 aliphatic carbocycles. The van der Waals surface area contributed by atoms with Crippen LogP contribution in [0.3, 0.4) is 0 Å². The van der Waals surface area contributed by atoms with Crippen molar-refractivity contribution in [3.8, 4) is 0 Å². The fraction of sp³-hybridized carbons (Fsp3) is 0.571. The number of hydrogen-bond donors (Lipinski definition) is 1. The Bertz CT molecular complexity index is 424. The molecule has 0 aromatic heterocycles. The van der Waals surface area contributed by atoms with Crippen LogP contribution in [0.4, 0.5) is 17.6 Å². The Morgan fingerprint density at radius 3 is 2.57 bits per heavy atom. The van der Waals surface area contributed by atoms with Gasteiger partial charge in [0.2, 0.25) is 0 Å². The van der Waals surface area contributed by atoms with E-state index in [-0.39, 0.29) is 6.54 Å². The molecule has 0 amide bonds. The third-order valence-electron chi connectivity index (χ3n) is 2.74. The molecular weight excluding hydrogens is 290 g/mol. The standard InChI is InChI=1S/C14H19F4NO2/c1-20-7-8-21-6-2-5-19-10-11-3-4-13(15)12(9-11)14(16,17)18/h3-4,9,19H,2,5-8,10H2,1H3. The summed E-state index contributed by atoms with van der Waals surface area (Å²) in [5.74, 6) is -1.25. The SMILES string of the molecule is COCCOCCCNCc1ccc(F)c(C(F)(F)F)c1. The van der Waals surface area contributed by atoms with Gasteiger partial charge in [-0.15, -0.1) is 0 Å². The first kappa shape index (κ1) is 17.9. The van der Waals surface area contributed by atoms with Crippen LogP contribution in [-0.4, -0.2) is 33.5 Å². The van der Waals surface area contributed by atoms with E-state index in [1.54, 1.807) is 7.11 Å². The summed E-state index contributed by atoms with van der Waals surface area (Å²) in [7, 11) is 1.59. The molecule has 0 unspecified atom stereocenters. The topological polar surface area (TPSA) is 30.5 Å². The second-order valence-electron chi connectivity index (χ2n) is 4.45. The van der Waals surface area contributed by atoms with Crippen LogP contribution >= 0.6 is 0 Å². The third-order valence-corrected chi connectivity index (χ3v) is 2.74. The summed E-state index contributed by atoms with van der Waals surface area (Å²) in [5.41, 5.74) is -0.839. The first-order valence-corrected chi connectivity index (χ1v) is 6.58. The zero-order chi connectivity index (χ0) is 15.7. The van der Waals surface area contributed by atoms with Crippen molar-refractivity contribution in [3.05, 3.63) is 35.1 Å². The van der Waals surface area contributed by atoms with Crippen LogP contribution in [0, 0.1) is 5.82 Å². The molecule has 3 nitrogen and oxygen atoms in total. The van der Waals surface area contributed by atoms with Crippen LogP contribution in [0.2, 0.25) is 0 Å². The summed E-state index contributed by atoms with van der Waals surface area (Å²) in [6.45, 7) is 2.45. The van der Waals surface area contributed by atoms with Gasteiger partial charge in [-0.2, -0.15) is 13.2 Å². The summed E-state index contributed by atoms with van der Waals surface area (Å²) < 4.78 is 60.7. The molecule has 0 spiro atoms. The first-order chi connectivity index (χ1) is 9.95. The average Bonchev–Trinajstić information content (AvgIpc) is 2.42. The molecule has 0 aliphatic rings. The predicted octanol–water partition coefficient (Wildman–Crippen LogP) is 2.99. The summed E-state index contributed by atoms with van der Waals surface area (Å²) in [4.78, 5) is 0. The number of benzene rings is 1. The van der Waals surface area contributed by atoms with E-state index in [9.17, 15) is 17.6 Å². The van der Waals surface area contributed by atoms with Crippen molar-refractivity contribution in [2.75, 3.05) is 33.5 Å². The molecule has 1 aromatic rings. The largest absolute Gasteiger partial charge is 0.419 e. The van der Waals surface area contributed by atoms with Crippen molar-refractivity contribution in [1.29, 1.82) is 0 Å². The summed E-state index contributed by atoms with van der Waals surface area (Å²) in [6, 6.07) is 3.01. The van der Waals surface area contributed by atoms with Gasteiger partial charge in [-0.05, 0) is 30.7 Å². The quantitative estimate of drug-likeness (QED) is 0.562. The lowest BCUT2D eigenvalue weighted by atomic mass is 10.1. The van der Waals surface area contributed by atoms with Gasteiger partial charge in [-0.1, -0.05) is 6.07 Å². The Labute approximate surface area is 121 Å². The van der Waals surface area contributed by atoms with Gasteiger partial charge in [0.15, 0.2) is 0 Å². The fourth-order valence-electron chi connectivity index (χ4n) is 1.68. The van der Waals surface area contributed by atoms with Crippen LogP contribution < -0.4 is 5.32 Å². The van der Waals surface area contributed by atoms with E-state index < -0.39 is 17.6 Å². The van der Waals surface area contributed by atoms with Gasteiger partial charge < -0.3 is 14.8 Å². The lowest BCUT2D eigenvalue weighted by Crippen LogP contribution is -2.18. The number of halogens is 4. The Kier molecular flexibility index (Phi) is 7.63. The van der Waals surface area contributed by atoms with Crippen molar-refractivity contribution >= 4 is 0 Å². The molecular formula is C14H19F4NO2. The molecule has 1 N–H and O–H groups in total. The van der Waals surface area contributed by atoms with E-state index in [4.69, 9.17) is 9.47 Å². The summed E-state index contributed by atoms with van der Waals surface area (Å²) in [5, 5.41) is 2.99. The Morgan fingerprint density at radius 2 is 1.90 bits per heavy atom. The van der Waals surface area contributed by atoms with Crippen molar-refractivity contribution < 1.29 is 27.0 Å². The highest BCUT2D eigenvalue weighted by atomic mass is 19.4. The molecule has 0 heterocycles. The molecule has 0 saturated carbocycles. The Balaban J connectivity index is 2.30. The Hall–Kier alpha value is -1.18. The van der Waals surface area contributed by atoms with E-state index in [1.165, 1.54) is 6.07 Å². The number of methoxy groups -OCH3 is 1. The average molecular weight is 309 g/mol. The Morgan fingerprint density at radius 1 is 1.14 bits per heavy atom. The van der Waals surface area contributed by atoms with Crippen LogP contribution in [0.1, 0.15) is 17.5 Å². The van der Waals surface area contributed by atoms with E-state index >= 15 is 0 Å². The normalized spacial score (nSPS) is 11.9. The highest BCUT2D eigenvalue weighted by molar-refractivity contribution is 5.27. The van der Waals surface area contributed by atoms with Gasteiger partial charge in [-0.25, -0.2) is 4.39 Å². The maximum Gasteiger partial charge on any atom is 0.419 e. The summed E-state index contributed by atoms with van der Waals surface area (Å²) >= 11 is 0. The van der Waals surface area contributed by atoms with E-state index in [0.29, 0.717) is 31.9 Å². The second-order valence-corrected chi connectivity index (χ2v) is 4.45. The number of hydrogen-bond acceptors (Lipinski definition) is 3. The van der Waals surface area contributed by atoms with Crippen molar-refractivity contribution in [2.45, 2.75) is 19.1 Å². The van der Waals surface area contributed by atoms with Gasteiger partial charge in [0.1, 0.15) is 5.82 Å². The molecule has 0 fully saturated rings. The number of ether oxygens (including phenoxy) is 2. The number of alkyl halides is 3. The van der Waals surface area contributed by atoms with Crippen LogP contribution in [0.5, 0.6) is 0 Å². The molecule has 0 radical (unpaired) electrons. The first-order valence-electron chi connectivity index (χ1n) is 6.58. The van der Waals surface area contributed by atoms with Gasteiger partial charge in [0.25, 0.3) is 0 Å². The van der Waals surface area contributed by atoms with E-state index in [1.807, 2.05) is 0 Å². The van der Waals surface area contributed by atoms with Gasteiger partial charge in [-0.3, -0.25) is 0 Å². The monoisotopic (exact) mass is 309 g/mol. The highest BCUT2D eigenvalue weighted by Gasteiger charge is 2.34. The van der Waals surface area contributed by atoms with Gasteiger partial charge >= 0.3 is 6.18 Å². The molecule has 0 atom stereocenters. The molecule has 0 aliphatic heterocycles. The van der Waals surface area contributed by atoms with Crippen molar-refractivity contribution in [2.24, 2.45) is 0 Å². The predicted molar refractivity (Wildman–Crippen MR) is 70.4 cm³/mol. The van der Waals surface area contributed by atoms with Crippen LogP contribution in [0.15, 0.2) is 18.2 Å². The van der Waals surface area contributed by atoms with Crippen LogP contribution in [-0.2, 0) is 22.2 Å². The molecule has 0 saturated heterocycles. The molecule has 120 valence electrons. The third kappa shape index (κ3) is 6.88. The molecule has 1 rings (SSSR count). The highest BCUT2D eigenvalue weighted by Crippen LogP contribution is 2.31. The fourth-order valence-corrected chi connectivity index (χ4v) is 1.68. The number of rotatable bonds is 9. The lowest BCUT2D eigenvalue weighted by Gasteiger charge is -2.11. The molecule has 0 bridgehead atoms. The van der Waals surface area contributed by atoms with Crippen LogP contribution in [0.25, 0.3) is 0 Å². The minimum Gasteiger partial charge on any atom is -0.382 e. The van der Waals surface area contributed by atoms with E-state index in [0.717, 1.165) is 18.6 Å². The minimum atomic E-state index is -4.67. The maximum absolute atomic E-state index is 13.1. The minimum absolute atomic E-state index is 0.251. The van der Waals surface area contributed by atoms with Gasteiger partial charge in [0, 0.05) is 20.3 Å². The zero-order valence-corrected chi connectivity index (χ0v) is 11.8. The molecule has 7 heteroatoms. The smallest absolute Gasteiger partial charge is 0.382 e. The lowest BCUT2D eigenvalue weighted by molar-refractivity contribution is -0.140. The summed E-state index contributed by atoms with van der Waals surface area (Å²) in [6.07, 6.45) is -3.94. The molecule has 21 heavy (non-hydrogen) atoms. The van der Waals surface area contributed by atoms with Crippen molar-refractivity contribution in [3.63, 3.8) is 0 Å². The zero-order valence-electron chi connectivity index (χ0n) is 11.8. The van der Waals surface area contributed by atoms with Gasteiger partial charge in [0.05, 0.1) is 18.8 Å². The second kappa shape index (κ2) is 8.96. The molecule has 1 aromatic carbocycles. The number of nitrogens with one attached hydrogen (secondary N) is 1. The van der Waals surface area contributed by atoms with Crippen molar-refractivity contribution in [1.82, 2.24) is 5.32 Å².